The van der Waals surface area contributed by atoms with Crippen molar-refractivity contribution in [3.63, 3.8) is 0 Å². The van der Waals surface area contributed by atoms with Crippen molar-refractivity contribution in [2.75, 3.05) is 26.7 Å². The summed E-state index contributed by atoms with van der Waals surface area (Å²) in [6.45, 7) is -0.395. The van der Waals surface area contributed by atoms with Crippen LogP contribution in [0.15, 0.2) is 42.5 Å². The van der Waals surface area contributed by atoms with Gasteiger partial charge in [0.1, 0.15) is 5.82 Å². The zero-order valence-corrected chi connectivity index (χ0v) is 17.6. The van der Waals surface area contributed by atoms with Crippen LogP contribution in [0.25, 0.3) is 0 Å². The molecule has 0 bridgehead atoms. The number of carbonyl (C=O) groups excluding carboxylic acids is 1. The molecule has 0 aromatic heterocycles. The Morgan fingerprint density at radius 3 is 2.03 bits per heavy atom. The highest BCUT2D eigenvalue weighted by molar-refractivity contribution is 5.76. The first-order valence-corrected chi connectivity index (χ1v) is 9.87. The second-order valence-electron chi connectivity index (χ2n) is 7.49. The van der Waals surface area contributed by atoms with Gasteiger partial charge in [-0.05, 0) is 41.5 Å². The molecular formula is C22H23F7N2O2. The van der Waals surface area contributed by atoms with Gasteiger partial charge in [-0.1, -0.05) is 12.1 Å². The van der Waals surface area contributed by atoms with Gasteiger partial charge in [0.2, 0.25) is 5.91 Å². The summed E-state index contributed by atoms with van der Waals surface area (Å²) in [5, 5.41) is 0. The first kappa shape index (κ1) is 26.6. The highest BCUT2D eigenvalue weighted by Crippen LogP contribution is 2.36. The van der Waals surface area contributed by atoms with Gasteiger partial charge < -0.3 is 15.4 Å². The Balaban J connectivity index is 2.20. The van der Waals surface area contributed by atoms with E-state index in [1.165, 1.54) is 36.2 Å². The van der Waals surface area contributed by atoms with E-state index >= 15 is 0 Å². The number of rotatable bonds is 9. The molecule has 2 N–H and O–H groups in total. The lowest BCUT2D eigenvalue weighted by molar-refractivity contribution is -0.143. The summed E-state index contributed by atoms with van der Waals surface area (Å²) in [5.41, 5.74) is 2.80. The van der Waals surface area contributed by atoms with E-state index in [-0.39, 0.29) is 43.7 Å². The van der Waals surface area contributed by atoms with Gasteiger partial charge in [-0.2, -0.15) is 26.3 Å². The predicted octanol–water partition coefficient (Wildman–Crippen LogP) is 4.97. The molecule has 0 spiro atoms. The molecule has 182 valence electrons. The highest BCUT2D eigenvalue weighted by atomic mass is 19.4. The average Bonchev–Trinajstić information content (AvgIpc) is 2.72. The van der Waals surface area contributed by atoms with E-state index in [1.807, 2.05) is 0 Å². The van der Waals surface area contributed by atoms with Gasteiger partial charge in [0.25, 0.3) is 0 Å². The van der Waals surface area contributed by atoms with Crippen LogP contribution in [0.2, 0.25) is 0 Å². The van der Waals surface area contributed by atoms with Gasteiger partial charge in [0, 0.05) is 32.5 Å². The molecule has 0 fully saturated rings. The van der Waals surface area contributed by atoms with Gasteiger partial charge >= 0.3 is 12.4 Å². The largest absolute Gasteiger partial charge is 0.416 e. The van der Waals surface area contributed by atoms with E-state index < -0.39 is 41.8 Å². The van der Waals surface area contributed by atoms with E-state index in [2.05, 4.69) is 0 Å². The maximum Gasteiger partial charge on any atom is 0.416 e. The smallest absolute Gasteiger partial charge is 0.376 e. The van der Waals surface area contributed by atoms with Gasteiger partial charge in [-0.3, -0.25) is 4.79 Å². The Kier molecular flexibility index (Phi) is 8.84. The van der Waals surface area contributed by atoms with Crippen LogP contribution in [-0.2, 0) is 28.5 Å². The number of nitrogens with two attached hydrogens (primary N) is 1. The van der Waals surface area contributed by atoms with Crippen LogP contribution in [-0.4, -0.2) is 37.6 Å². The van der Waals surface area contributed by atoms with Crippen LogP contribution >= 0.6 is 0 Å². The van der Waals surface area contributed by atoms with Crippen LogP contribution in [0.4, 0.5) is 30.7 Å². The summed E-state index contributed by atoms with van der Waals surface area (Å²) in [5.74, 6) is -1.25. The number of hydrogen-bond acceptors (Lipinski definition) is 3. The molecule has 11 heteroatoms. The van der Waals surface area contributed by atoms with E-state index in [9.17, 15) is 35.5 Å². The van der Waals surface area contributed by atoms with Crippen LogP contribution < -0.4 is 5.73 Å². The molecule has 0 saturated heterocycles. The third-order valence-corrected chi connectivity index (χ3v) is 4.85. The van der Waals surface area contributed by atoms with Crippen molar-refractivity contribution in [3.8, 4) is 0 Å². The first-order chi connectivity index (χ1) is 15.3. The van der Waals surface area contributed by atoms with Crippen molar-refractivity contribution in [1.82, 2.24) is 4.90 Å². The second kappa shape index (κ2) is 11.0. The fourth-order valence-electron chi connectivity index (χ4n) is 3.16. The SMILES string of the molecule is CN(CC(COCc1cc(C(F)(F)F)cc(C(F)(F)F)c1)c1ccc(F)cc1)C(=O)CCN. The highest BCUT2D eigenvalue weighted by Gasteiger charge is 2.36. The van der Waals surface area contributed by atoms with Gasteiger partial charge in [0.15, 0.2) is 0 Å². The molecule has 1 amide bonds. The molecule has 0 aliphatic carbocycles. The number of nitrogens with zero attached hydrogens (tertiary/aromatic N) is 1. The maximum absolute atomic E-state index is 13.3. The minimum absolute atomic E-state index is 0.0445. The predicted molar refractivity (Wildman–Crippen MR) is 107 cm³/mol. The third-order valence-electron chi connectivity index (χ3n) is 4.85. The van der Waals surface area contributed by atoms with Crippen LogP contribution in [0.3, 0.4) is 0 Å². The van der Waals surface area contributed by atoms with Crippen molar-refractivity contribution >= 4 is 5.91 Å². The number of likely N-dealkylation sites (N-methyl/N-ethyl adjacent to an activating group) is 1. The molecule has 0 aliphatic heterocycles. The van der Waals surface area contributed by atoms with E-state index in [0.29, 0.717) is 17.7 Å². The first-order valence-electron chi connectivity index (χ1n) is 9.87. The number of amides is 1. The third kappa shape index (κ3) is 8.01. The molecule has 2 aromatic carbocycles. The monoisotopic (exact) mass is 480 g/mol. The zero-order valence-electron chi connectivity index (χ0n) is 17.6. The Morgan fingerprint density at radius 1 is 1.00 bits per heavy atom. The van der Waals surface area contributed by atoms with E-state index in [4.69, 9.17) is 10.5 Å². The number of carbonyl (C=O) groups is 1. The number of hydrogen-bond donors (Lipinski definition) is 1. The lowest BCUT2D eigenvalue weighted by atomic mass is 9.99. The van der Waals surface area contributed by atoms with Gasteiger partial charge in [0.05, 0.1) is 24.3 Å². The Labute approximate surface area is 186 Å². The van der Waals surface area contributed by atoms with E-state index in [1.54, 1.807) is 0 Å². The molecule has 0 heterocycles. The van der Waals surface area contributed by atoms with Crippen molar-refractivity contribution in [2.24, 2.45) is 5.73 Å². The van der Waals surface area contributed by atoms with Crippen LogP contribution in [0.1, 0.15) is 34.6 Å². The summed E-state index contributed by atoms with van der Waals surface area (Å²) in [4.78, 5) is 13.4. The molecule has 2 rings (SSSR count). The van der Waals surface area contributed by atoms with Crippen LogP contribution in [0, 0.1) is 5.82 Å². The number of ether oxygens (including phenoxy) is 1. The summed E-state index contributed by atoms with van der Waals surface area (Å²) in [7, 11) is 1.52. The number of benzene rings is 2. The standard InChI is InChI=1S/C22H23F7N2O2/c1-31(20(32)6-7-30)11-16(15-2-4-19(23)5-3-15)13-33-12-14-8-17(21(24,25)26)10-18(9-14)22(27,28)29/h2-5,8-10,16H,6-7,11-13,30H2,1H3. The molecular weight excluding hydrogens is 457 g/mol. The van der Waals surface area contributed by atoms with Gasteiger partial charge in [-0.25, -0.2) is 4.39 Å². The van der Waals surface area contributed by atoms with Crippen LogP contribution in [0.5, 0.6) is 0 Å². The van der Waals surface area contributed by atoms with Crippen molar-refractivity contribution in [3.05, 3.63) is 70.5 Å². The fraction of sp³-hybridized carbons (Fsp3) is 0.409. The number of alkyl halides is 6. The zero-order chi connectivity index (χ0) is 24.8. The molecule has 0 aliphatic rings. The van der Waals surface area contributed by atoms with Crippen molar-refractivity contribution in [2.45, 2.75) is 31.3 Å². The van der Waals surface area contributed by atoms with Crippen molar-refractivity contribution in [1.29, 1.82) is 0 Å². The summed E-state index contributed by atoms with van der Waals surface area (Å²) in [6, 6.07) is 6.58. The maximum atomic E-state index is 13.3. The molecule has 4 nitrogen and oxygen atoms in total. The van der Waals surface area contributed by atoms with E-state index in [0.717, 1.165) is 0 Å². The Hall–Kier alpha value is -2.66. The summed E-state index contributed by atoms with van der Waals surface area (Å²) in [6.07, 6.45) is -9.82. The summed E-state index contributed by atoms with van der Waals surface area (Å²) >= 11 is 0. The molecule has 1 atom stereocenters. The minimum Gasteiger partial charge on any atom is -0.376 e. The molecule has 1 unspecified atom stereocenters. The lowest BCUT2D eigenvalue weighted by Gasteiger charge is -2.25. The fourth-order valence-corrected chi connectivity index (χ4v) is 3.16. The Morgan fingerprint density at radius 2 is 1.55 bits per heavy atom. The molecule has 2 aromatic rings. The molecule has 0 saturated carbocycles. The van der Waals surface area contributed by atoms with Gasteiger partial charge in [-0.15, -0.1) is 0 Å². The Bertz CT molecular complexity index is 896. The quantitative estimate of drug-likeness (QED) is 0.516. The minimum atomic E-state index is -4.96. The normalized spacial score (nSPS) is 13.1. The number of halogens is 7. The van der Waals surface area contributed by atoms with Crippen molar-refractivity contribution < 1.29 is 40.3 Å². The average molecular weight is 480 g/mol. The summed E-state index contributed by atoms with van der Waals surface area (Å²) < 4.78 is 97.0. The molecule has 33 heavy (non-hydrogen) atoms. The topological polar surface area (TPSA) is 55.6 Å². The lowest BCUT2D eigenvalue weighted by Crippen LogP contribution is -2.33. The molecule has 0 radical (unpaired) electrons. The second-order valence-corrected chi connectivity index (χ2v) is 7.49.